The molecule has 0 aromatic carbocycles. The van der Waals surface area contributed by atoms with Gasteiger partial charge in [0.25, 0.3) is 11.8 Å². The molecule has 0 saturated carbocycles. The van der Waals surface area contributed by atoms with Crippen molar-refractivity contribution in [1.29, 1.82) is 0 Å². The van der Waals surface area contributed by atoms with Crippen molar-refractivity contribution >= 4 is 25.6 Å². The average molecular weight is 371 g/mol. The van der Waals surface area contributed by atoms with Gasteiger partial charge in [0, 0.05) is 19.3 Å². The molecule has 0 aromatic rings. The van der Waals surface area contributed by atoms with Crippen molar-refractivity contribution in [2.24, 2.45) is 0 Å². The van der Waals surface area contributed by atoms with E-state index in [2.05, 4.69) is 0 Å². The fourth-order valence-electron chi connectivity index (χ4n) is 1.91. The topological polar surface area (TPSA) is 52.9 Å². The Morgan fingerprint density at radius 1 is 1.04 bits per heavy atom. The minimum absolute atomic E-state index is 0.250. The molecule has 1 fully saturated rings. The molecule has 2 heterocycles. The van der Waals surface area contributed by atoms with E-state index in [9.17, 15) is 34.8 Å². The molecule has 0 atom stereocenters. The second-order valence-corrected chi connectivity index (χ2v) is 7.03. The van der Waals surface area contributed by atoms with Crippen LogP contribution in [0.4, 0.5) is 25.2 Å². The van der Waals surface area contributed by atoms with Crippen LogP contribution in [0.1, 0.15) is 19.3 Å². The number of hydroxylamine groups is 2. The standard InChI is InChI=1S/C10H16N3O3.F6P/c1-11-6-3-7-12(2)10(11)16-13-8(14)4-5-9(13)15;1-7(2,3,4,5)6/h3-7H2,1-2H3;/q+1;-1. The first kappa shape index (κ1) is 19.5. The molecule has 0 aromatic heterocycles. The Morgan fingerprint density at radius 3 is 1.87 bits per heavy atom. The van der Waals surface area contributed by atoms with Gasteiger partial charge in [-0.2, -0.15) is 0 Å². The second kappa shape index (κ2) is 5.50. The van der Waals surface area contributed by atoms with Gasteiger partial charge < -0.3 is 0 Å². The summed E-state index contributed by atoms with van der Waals surface area (Å²) in [5.41, 5.74) is 0. The molecule has 2 amide bonds. The van der Waals surface area contributed by atoms with Gasteiger partial charge in [0.15, 0.2) is 0 Å². The summed E-state index contributed by atoms with van der Waals surface area (Å²) >= 11 is 0. The van der Waals surface area contributed by atoms with Crippen LogP contribution in [-0.4, -0.2) is 59.6 Å². The third-order valence-corrected chi connectivity index (χ3v) is 2.82. The first-order chi connectivity index (χ1) is 10.0. The number of carbonyl (C=O) groups is 2. The van der Waals surface area contributed by atoms with E-state index in [1.165, 1.54) is 0 Å². The molecular formula is C10H16F6N3O3P. The van der Waals surface area contributed by atoms with Crippen molar-refractivity contribution in [3.05, 3.63) is 0 Å². The van der Waals surface area contributed by atoms with E-state index < -0.39 is 7.81 Å². The van der Waals surface area contributed by atoms with Crippen LogP contribution in [0.15, 0.2) is 0 Å². The van der Waals surface area contributed by atoms with Crippen molar-refractivity contribution in [1.82, 2.24) is 9.96 Å². The molecule has 1 saturated heterocycles. The number of hydrogen-bond acceptors (Lipinski definition) is 4. The molecular weight excluding hydrogens is 355 g/mol. The van der Waals surface area contributed by atoms with E-state index in [0.717, 1.165) is 24.6 Å². The maximum absolute atomic E-state index is 11.4. The summed E-state index contributed by atoms with van der Waals surface area (Å²) in [5, 5.41) is 0.883. The fourth-order valence-corrected chi connectivity index (χ4v) is 1.91. The number of hydrogen-bond donors (Lipinski definition) is 0. The van der Waals surface area contributed by atoms with Crippen molar-refractivity contribution < 1.29 is 44.2 Å². The number of imide groups is 1. The Morgan fingerprint density at radius 2 is 1.48 bits per heavy atom. The zero-order valence-corrected chi connectivity index (χ0v) is 13.2. The molecule has 0 spiro atoms. The Kier molecular flexibility index (Phi) is 4.65. The number of halogens is 6. The van der Waals surface area contributed by atoms with Crippen LogP contribution in [0.25, 0.3) is 0 Å². The van der Waals surface area contributed by atoms with Crippen LogP contribution in [0.2, 0.25) is 0 Å². The minimum atomic E-state index is -10.7. The van der Waals surface area contributed by atoms with Crippen molar-refractivity contribution in [2.45, 2.75) is 19.3 Å². The fraction of sp³-hybridized carbons (Fsp3) is 0.700. The Balaban J connectivity index is 0.000000322. The summed E-state index contributed by atoms with van der Waals surface area (Å²) in [4.78, 5) is 30.1. The Hall–Kier alpha value is -1.58. The van der Waals surface area contributed by atoms with Gasteiger partial charge in [0.2, 0.25) is 0 Å². The van der Waals surface area contributed by atoms with Crippen LogP contribution in [-0.2, 0) is 14.4 Å². The van der Waals surface area contributed by atoms with Crippen LogP contribution in [0.5, 0.6) is 0 Å². The van der Waals surface area contributed by atoms with E-state index in [0.29, 0.717) is 6.02 Å². The van der Waals surface area contributed by atoms with Crippen molar-refractivity contribution in [3.63, 3.8) is 0 Å². The van der Waals surface area contributed by atoms with Crippen LogP contribution < -0.4 is 0 Å². The SMILES string of the molecule is CN1CCC[N+](C)=C1ON1C(=O)CCC1=O.F[P-](F)(F)(F)(F)F. The molecule has 0 aliphatic carbocycles. The van der Waals surface area contributed by atoms with Crippen LogP contribution in [0, 0.1) is 0 Å². The molecule has 6 nitrogen and oxygen atoms in total. The maximum atomic E-state index is 11.4. The van der Waals surface area contributed by atoms with Crippen molar-refractivity contribution in [3.8, 4) is 0 Å². The third-order valence-electron chi connectivity index (χ3n) is 2.82. The first-order valence-corrected chi connectivity index (χ1v) is 8.47. The predicted molar refractivity (Wildman–Crippen MR) is 69.0 cm³/mol. The zero-order chi connectivity index (χ0) is 18.1. The number of rotatable bonds is 1. The van der Waals surface area contributed by atoms with E-state index in [1.54, 1.807) is 0 Å². The van der Waals surface area contributed by atoms with Crippen LogP contribution >= 0.6 is 7.81 Å². The molecule has 2 rings (SSSR count). The van der Waals surface area contributed by atoms with Crippen LogP contribution in [0.3, 0.4) is 0 Å². The molecule has 2 aliphatic rings. The van der Waals surface area contributed by atoms with Crippen molar-refractivity contribution in [2.75, 3.05) is 27.2 Å². The third kappa shape index (κ3) is 8.00. The summed E-state index contributed by atoms with van der Waals surface area (Å²) < 4.78 is 61.1. The second-order valence-electron chi connectivity index (χ2n) is 5.11. The summed E-state index contributed by atoms with van der Waals surface area (Å²) in [5.74, 6) is -0.519. The number of carbonyl (C=O) groups excluding carboxylic acids is 2. The molecule has 2 aliphatic heterocycles. The van der Waals surface area contributed by atoms with Gasteiger partial charge in [-0.15, -0.1) is 0 Å². The number of amides is 2. The van der Waals surface area contributed by atoms with E-state index in [1.807, 2.05) is 23.6 Å². The van der Waals surface area contributed by atoms with E-state index >= 15 is 0 Å². The summed E-state index contributed by atoms with van der Waals surface area (Å²) in [6.45, 7) is 1.74. The number of amidine groups is 1. The first-order valence-electron chi connectivity index (χ1n) is 6.44. The molecule has 0 unspecified atom stereocenters. The van der Waals surface area contributed by atoms with Gasteiger partial charge >= 0.3 is 39.0 Å². The van der Waals surface area contributed by atoms with Gasteiger partial charge in [-0.3, -0.25) is 14.4 Å². The molecule has 0 N–H and O–H groups in total. The van der Waals surface area contributed by atoms with Gasteiger partial charge in [0.05, 0.1) is 27.2 Å². The van der Waals surface area contributed by atoms with Gasteiger partial charge in [0.1, 0.15) is 0 Å². The Labute approximate surface area is 127 Å². The van der Waals surface area contributed by atoms with Gasteiger partial charge in [-0.1, -0.05) is 5.06 Å². The molecule has 136 valence electrons. The molecule has 23 heavy (non-hydrogen) atoms. The monoisotopic (exact) mass is 371 g/mol. The Bertz CT molecular complexity index is 520. The normalized spacial score (nSPS) is 22.4. The average Bonchev–Trinajstić information content (AvgIpc) is 2.61. The summed E-state index contributed by atoms with van der Waals surface area (Å²) in [6.07, 6.45) is 1.54. The zero-order valence-electron chi connectivity index (χ0n) is 12.3. The molecule has 0 bridgehead atoms. The van der Waals surface area contributed by atoms with Gasteiger partial charge in [-0.05, 0) is 0 Å². The molecule has 0 radical (unpaired) electrons. The predicted octanol–water partition coefficient (Wildman–Crippen LogP) is 2.78. The van der Waals surface area contributed by atoms with E-state index in [-0.39, 0.29) is 24.7 Å². The summed E-state index contributed by atoms with van der Waals surface area (Å²) in [7, 11) is -6.89. The quantitative estimate of drug-likeness (QED) is 0.308. The molecule has 13 heteroatoms. The number of nitrogens with zero attached hydrogens (tertiary/aromatic N) is 3. The van der Waals surface area contributed by atoms with Gasteiger partial charge in [-0.25, -0.2) is 9.48 Å². The summed E-state index contributed by atoms with van der Waals surface area (Å²) in [6, 6.07) is 0.565. The van der Waals surface area contributed by atoms with E-state index in [4.69, 9.17) is 4.84 Å².